The molecule has 0 bridgehead atoms. The molecule has 1 spiro atoms. The van der Waals surface area contributed by atoms with E-state index in [0.717, 1.165) is 17.1 Å². The minimum Gasteiger partial charge on any atom is -0.484 e. The SMILES string of the molecule is O=C(COc1ccc(F)cc1)N1CC2(C1)OCc1nc(C3CC3)ncc12. The molecule has 6 nitrogen and oxygen atoms in total. The van der Waals surface area contributed by atoms with Crippen LogP contribution in [0.1, 0.15) is 35.8 Å². The van der Waals surface area contributed by atoms with Gasteiger partial charge < -0.3 is 14.4 Å². The van der Waals surface area contributed by atoms with Gasteiger partial charge in [0.1, 0.15) is 23.0 Å². The van der Waals surface area contributed by atoms with Crippen molar-refractivity contribution >= 4 is 5.91 Å². The number of hydrogen-bond acceptors (Lipinski definition) is 5. The molecule has 1 aromatic carbocycles. The maximum Gasteiger partial charge on any atom is 0.260 e. The number of aromatic nitrogens is 2. The predicted octanol–water partition coefficient (Wildman–Crippen LogP) is 2.14. The Hall–Kier alpha value is -2.54. The number of carbonyl (C=O) groups excluding carboxylic acids is 1. The van der Waals surface area contributed by atoms with E-state index in [2.05, 4.69) is 9.97 Å². The van der Waals surface area contributed by atoms with Gasteiger partial charge in [0.25, 0.3) is 5.91 Å². The molecule has 0 N–H and O–H groups in total. The lowest BCUT2D eigenvalue weighted by molar-refractivity contribution is -0.170. The zero-order valence-electron chi connectivity index (χ0n) is 14.2. The van der Waals surface area contributed by atoms with Crippen molar-refractivity contribution < 1.29 is 18.7 Å². The number of halogens is 1. The van der Waals surface area contributed by atoms with E-state index < -0.39 is 5.60 Å². The number of fused-ring (bicyclic) bond motifs is 2. The lowest BCUT2D eigenvalue weighted by Crippen LogP contribution is -2.62. The first-order chi connectivity index (χ1) is 12.6. The number of benzene rings is 1. The predicted molar refractivity (Wildman–Crippen MR) is 88.9 cm³/mol. The molecule has 2 fully saturated rings. The zero-order chi connectivity index (χ0) is 17.7. The average Bonchev–Trinajstić information content (AvgIpc) is 3.40. The highest BCUT2D eigenvalue weighted by molar-refractivity contribution is 5.79. The van der Waals surface area contributed by atoms with Gasteiger partial charge in [-0.05, 0) is 37.1 Å². The molecule has 0 unspecified atom stereocenters. The number of hydrogen-bond donors (Lipinski definition) is 0. The Morgan fingerprint density at radius 1 is 1.31 bits per heavy atom. The molecule has 2 aromatic rings. The fourth-order valence-electron chi connectivity index (χ4n) is 3.52. The van der Waals surface area contributed by atoms with Gasteiger partial charge in [-0.1, -0.05) is 0 Å². The van der Waals surface area contributed by atoms with Crippen molar-refractivity contribution in [2.75, 3.05) is 19.7 Å². The van der Waals surface area contributed by atoms with Crippen molar-refractivity contribution in [3.05, 3.63) is 53.4 Å². The third kappa shape index (κ3) is 2.63. The summed E-state index contributed by atoms with van der Waals surface area (Å²) in [5, 5.41) is 0. The van der Waals surface area contributed by atoms with Gasteiger partial charge in [0.15, 0.2) is 6.61 Å². The van der Waals surface area contributed by atoms with Crippen LogP contribution in [0.4, 0.5) is 4.39 Å². The van der Waals surface area contributed by atoms with Gasteiger partial charge in [0.2, 0.25) is 0 Å². The van der Waals surface area contributed by atoms with E-state index in [9.17, 15) is 9.18 Å². The summed E-state index contributed by atoms with van der Waals surface area (Å²) in [6, 6.07) is 5.62. The molecule has 5 rings (SSSR count). The molecule has 1 amide bonds. The van der Waals surface area contributed by atoms with Gasteiger partial charge in [0.05, 0.1) is 25.4 Å². The monoisotopic (exact) mass is 355 g/mol. The molecule has 134 valence electrons. The maximum absolute atomic E-state index is 12.9. The second-order valence-electron chi connectivity index (χ2n) is 7.14. The van der Waals surface area contributed by atoms with Crippen LogP contribution in [0.5, 0.6) is 5.75 Å². The van der Waals surface area contributed by atoms with Crippen LogP contribution >= 0.6 is 0 Å². The Morgan fingerprint density at radius 3 is 2.81 bits per heavy atom. The minimum absolute atomic E-state index is 0.0777. The third-order valence-corrected chi connectivity index (χ3v) is 5.23. The van der Waals surface area contributed by atoms with Gasteiger partial charge in [-0.15, -0.1) is 0 Å². The van der Waals surface area contributed by atoms with Gasteiger partial charge in [-0.3, -0.25) is 4.79 Å². The molecular formula is C19H18FN3O3. The lowest BCUT2D eigenvalue weighted by Gasteiger charge is -2.47. The molecule has 1 aromatic heterocycles. The summed E-state index contributed by atoms with van der Waals surface area (Å²) >= 11 is 0. The summed E-state index contributed by atoms with van der Waals surface area (Å²) in [6.45, 7) is 1.37. The molecule has 3 heterocycles. The summed E-state index contributed by atoms with van der Waals surface area (Å²) in [5.41, 5.74) is 1.49. The zero-order valence-corrected chi connectivity index (χ0v) is 14.2. The van der Waals surface area contributed by atoms with E-state index in [1.165, 1.54) is 37.1 Å². The lowest BCUT2D eigenvalue weighted by atomic mass is 9.87. The number of ether oxygens (including phenoxy) is 2. The summed E-state index contributed by atoms with van der Waals surface area (Å²) in [6.07, 6.45) is 4.21. The number of likely N-dealkylation sites (tertiary alicyclic amines) is 1. The van der Waals surface area contributed by atoms with Crippen molar-refractivity contribution in [3.8, 4) is 5.75 Å². The number of rotatable bonds is 4. The molecular weight excluding hydrogens is 337 g/mol. The molecule has 7 heteroatoms. The van der Waals surface area contributed by atoms with Crippen molar-refractivity contribution in [2.45, 2.75) is 31.0 Å². The highest BCUT2D eigenvalue weighted by atomic mass is 19.1. The molecule has 26 heavy (non-hydrogen) atoms. The first-order valence-electron chi connectivity index (χ1n) is 8.79. The van der Waals surface area contributed by atoms with Crippen molar-refractivity contribution in [1.29, 1.82) is 0 Å². The van der Waals surface area contributed by atoms with E-state index in [1.807, 2.05) is 6.20 Å². The van der Waals surface area contributed by atoms with Crippen LogP contribution < -0.4 is 4.74 Å². The van der Waals surface area contributed by atoms with Gasteiger partial charge in [-0.2, -0.15) is 0 Å². The van der Waals surface area contributed by atoms with Crippen LogP contribution in [0.3, 0.4) is 0 Å². The smallest absolute Gasteiger partial charge is 0.260 e. The van der Waals surface area contributed by atoms with Crippen molar-refractivity contribution in [2.24, 2.45) is 0 Å². The van der Waals surface area contributed by atoms with Crippen LogP contribution in [-0.4, -0.2) is 40.5 Å². The molecule has 2 aliphatic heterocycles. The Morgan fingerprint density at radius 2 is 2.08 bits per heavy atom. The second kappa shape index (κ2) is 5.74. The highest BCUT2D eigenvalue weighted by Gasteiger charge is 2.52. The summed E-state index contributed by atoms with van der Waals surface area (Å²) in [5.74, 6) is 1.45. The molecule has 0 radical (unpaired) electrons. The fraction of sp³-hybridized carbons (Fsp3) is 0.421. The van der Waals surface area contributed by atoms with E-state index in [4.69, 9.17) is 9.47 Å². The first-order valence-corrected chi connectivity index (χ1v) is 8.79. The normalized spacial score (nSPS) is 20.0. The van der Waals surface area contributed by atoms with Gasteiger partial charge in [0, 0.05) is 17.7 Å². The Labute approximate surface area is 150 Å². The molecule has 3 aliphatic rings. The van der Waals surface area contributed by atoms with Gasteiger partial charge >= 0.3 is 0 Å². The number of carbonyl (C=O) groups is 1. The van der Waals surface area contributed by atoms with E-state index in [-0.39, 0.29) is 18.3 Å². The van der Waals surface area contributed by atoms with Crippen molar-refractivity contribution in [3.63, 3.8) is 0 Å². The fourth-order valence-corrected chi connectivity index (χ4v) is 3.52. The summed E-state index contributed by atoms with van der Waals surface area (Å²) in [4.78, 5) is 23.2. The molecule has 0 atom stereocenters. The van der Waals surface area contributed by atoms with Crippen LogP contribution in [-0.2, 0) is 21.7 Å². The second-order valence-corrected chi connectivity index (χ2v) is 7.14. The van der Waals surface area contributed by atoms with E-state index >= 15 is 0 Å². The van der Waals surface area contributed by atoms with Crippen LogP contribution in [0.15, 0.2) is 30.5 Å². The summed E-state index contributed by atoms with van der Waals surface area (Å²) < 4.78 is 24.3. The van der Waals surface area contributed by atoms with Gasteiger partial charge in [-0.25, -0.2) is 14.4 Å². The van der Waals surface area contributed by atoms with Crippen molar-refractivity contribution in [1.82, 2.24) is 14.9 Å². The Bertz CT molecular complexity index is 861. The quantitative estimate of drug-likeness (QED) is 0.841. The number of nitrogens with zero attached hydrogens (tertiary/aromatic N) is 3. The molecule has 1 aliphatic carbocycles. The Kier molecular flexibility index (Phi) is 3.46. The average molecular weight is 355 g/mol. The highest BCUT2D eigenvalue weighted by Crippen LogP contribution is 2.44. The molecule has 1 saturated carbocycles. The minimum atomic E-state index is -0.469. The van der Waals surface area contributed by atoms with E-state index in [1.54, 1.807) is 4.90 Å². The topological polar surface area (TPSA) is 64.5 Å². The standard InChI is InChI=1S/C19H18FN3O3/c20-13-3-5-14(6-4-13)25-9-17(24)23-10-19(11-23)15-7-21-18(12-1-2-12)22-16(15)8-26-19/h3-7,12H,1-2,8-11H2. The largest absolute Gasteiger partial charge is 0.484 e. The third-order valence-electron chi connectivity index (χ3n) is 5.23. The summed E-state index contributed by atoms with van der Waals surface area (Å²) in [7, 11) is 0. The maximum atomic E-state index is 12.9. The van der Waals surface area contributed by atoms with Crippen LogP contribution in [0.2, 0.25) is 0 Å². The Balaban J connectivity index is 1.21. The first kappa shape index (κ1) is 15.7. The van der Waals surface area contributed by atoms with Crippen LogP contribution in [0.25, 0.3) is 0 Å². The van der Waals surface area contributed by atoms with E-state index in [0.29, 0.717) is 31.4 Å². The number of amides is 1. The van der Waals surface area contributed by atoms with Crippen LogP contribution in [0, 0.1) is 5.82 Å². The molecule has 1 saturated heterocycles.